The highest BCUT2D eigenvalue weighted by Crippen LogP contribution is 2.15. The molecular formula is C10H10ClFN2O2. The van der Waals surface area contributed by atoms with Crippen LogP contribution in [0.5, 0.6) is 0 Å². The van der Waals surface area contributed by atoms with Crippen molar-refractivity contribution in [2.24, 2.45) is 0 Å². The number of anilines is 1. The number of hydrogen-bond donors (Lipinski definition) is 2. The van der Waals surface area contributed by atoms with Gasteiger partial charge in [-0.25, -0.2) is 9.18 Å². The van der Waals surface area contributed by atoms with Crippen LogP contribution in [-0.4, -0.2) is 17.8 Å². The number of nitrogens with one attached hydrogen (secondary N) is 2. The normalized spacial score (nSPS) is 9.69. The Kier molecular flexibility index (Phi) is 4.25. The number of rotatable bonds is 2. The average Bonchev–Trinajstić information content (AvgIpc) is 2.22. The lowest BCUT2D eigenvalue weighted by atomic mass is 10.2. The number of hydrogen-bond acceptors (Lipinski definition) is 2. The van der Waals surface area contributed by atoms with Gasteiger partial charge in [-0.3, -0.25) is 10.1 Å². The number of carbonyl (C=O) groups excluding carboxylic acids is 2. The van der Waals surface area contributed by atoms with Gasteiger partial charge in [-0.2, -0.15) is 0 Å². The zero-order valence-electron chi connectivity index (χ0n) is 8.51. The molecule has 0 atom stereocenters. The van der Waals surface area contributed by atoms with Gasteiger partial charge in [0.25, 0.3) is 0 Å². The van der Waals surface area contributed by atoms with E-state index in [0.717, 1.165) is 0 Å². The lowest BCUT2D eigenvalue weighted by molar-refractivity contribution is -0.117. The molecule has 3 amide bonds. The Morgan fingerprint density at radius 2 is 2.12 bits per heavy atom. The Bertz CT molecular complexity index is 423. The predicted molar refractivity (Wildman–Crippen MR) is 59.0 cm³/mol. The van der Waals surface area contributed by atoms with Crippen molar-refractivity contribution in [2.45, 2.75) is 6.92 Å². The van der Waals surface area contributed by atoms with Gasteiger partial charge in [0.1, 0.15) is 11.7 Å². The predicted octanol–water partition coefficient (Wildman–Crippen LogP) is 2.02. The summed E-state index contributed by atoms with van der Waals surface area (Å²) in [5, 5.41) is 4.41. The summed E-state index contributed by atoms with van der Waals surface area (Å²) < 4.78 is 12.7. The van der Waals surface area contributed by atoms with Crippen molar-refractivity contribution in [3.05, 3.63) is 29.6 Å². The third-order valence-electron chi connectivity index (χ3n) is 1.81. The molecular weight excluding hydrogens is 235 g/mol. The van der Waals surface area contributed by atoms with Gasteiger partial charge in [0.2, 0.25) is 5.91 Å². The Labute approximate surface area is 96.8 Å². The number of halogens is 2. The van der Waals surface area contributed by atoms with Gasteiger partial charge < -0.3 is 5.32 Å². The fourth-order valence-corrected chi connectivity index (χ4v) is 1.15. The van der Waals surface area contributed by atoms with E-state index < -0.39 is 11.9 Å². The number of benzene rings is 1. The van der Waals surface area contributed by atoms with Crippen molar-refractivity contribution >= 4 is 29.2 Å². The molecule has 2 N–H and O–H groups in total. The van der Waals surface area contributed by atoms with Gasteiger partial charge in [-0.15, -0.1) is 11.6 Å². The van der Waals surface area contributed by atoms with Crippen LogP contribution in [0.25, 0.3) is 0 Å². The van der Waals surface area contributed by atoms with Gasteiger partial charge in [-0.1, -0.05) is 0 Å². The molecule has 0 aliphatic rings. The molecule has 1 rings (SSSR count). The molecule has 6 heteroatoms. The number of aryl methyl sites for hydroxylation is 1. The van der Waals surface area contributed by atoms with E-state index >= 15 is 0 Å². The van der Waals surface area contributed by atoms with Crippen LogP contribution in [-0.2, 0) is 4.79 Å². The van der Waals surface area contributed by atoms with Crippen LogP contribution in [0.1, 0.15) is 5.56 Å². The number of alkyl halides is 1. The number of urea groups is 1. The molecule has 0 heterocycles. The summed E-state index contributed by atoms with van der Waals surface area (Å²) in [5.74, 6) is -1.28. The standard InChI is InChI=1S/C10H10ClFN2O2/c1-6-4-7(12)2-3-8(6)13-10(16)14-9(15)5-11/h2-4H,5H2,1H3,(H2,13,14,15,16). The molecule has 0 saturated heterocycles. The van der Waals surface area contributed by atoms with Crippen molar-refractivity contribution in [1.82, 2.24) is 5.32 Å². The summed E-state index contributed by atoms with van der Waals surface area (Å²) in [5.41, 5.74) is 0.995. The SMILES string of the molecule is Cc1cc(F)ccc1NC(=O)NC(=O)CCl. The number of imide groups is 1. The van der Waals surface area contributed by atoms with Crippen molar-refractivity contribution in [3.8, 4) is 0 Å². The van der Waals surface area contributed by atoms with E-state index in [0.29, 0.717) is 11.3 Å². The van der Waals surface area contributed by atoms with Crippen molar-refractivity contribution in [2.75, 3.05) is 11.2 Å². The smallest absolute Gasteiger partial charge is 0.307 e. The maximum Gasteiger partial charge on any atom is 0.325 e. The zero-order valence-corrected chi connectivity index (χ0v) is 9.27. The molecule has 1 aromatic carbocycles. The summed E-state index contributed by atoms with van der Waals surface area (Å²) in [6.45, 7) is 1.64. The number of amides is 3. The van der Waals surface area contributed by atoms with Gasteiger partial charge >= 0.3 is 6.03 Å². The van der Waals surface area contributed by atoms with Crippen LogP contribution >= 0.6 is 11.6 Å². The van der Waals surface area contributed by atoms with E-state index in [-0.39, 0.29) is 11.7 Å². The quantitative estimate of drug-likeness (QED) is 0.782. The van der Waals surface area contributed by atoms with Gasteiger partial charge in [0.05, 0.1) is 0 Å². The fourth-order valence-electron chi connectivity index (χ4n) is 1.08. The van der Waals surface area contributed by atoms with E-state index in [9.17, 15) is 14.0 Å². The number of carbonyl (C=O) groups is 2. The minimum Gasteiger partial charge on any atom is -0.307 e. The summed E-state index contributed by atoms with van der Waals surface area (Å²) in [6, 6.07) is 3.21. The lowest BCUT2D eigenvalue weighted by Crippen LogP contribution is -2.35. The Hall–Kier alpha value is -1.62. The highest BCUT2D eigenvalue weighted by Gasteiger charge is 2.08. The van der Waals surface area contributed by atoms with Crippen LogP contribution < -0.4 is 10.6 Å². The second kappa shape index (κ2) is 5.46. The molecule has 1 aromatic rings. The summed E-state index contributed by atoms with van der Waals surface area (Å²) in [4.78, 5) is 22.0. The summed E-state index contributed by atoms with van der Waals surface area (Å²) in [7, 11) is 0. The Balaban J connectivity index is 2.66. The molecule has 0 aromatic heterocycles. The molecule has 0 unspecified atom stereocenters. The highest BCUT2D eigenvalue weighted by molar-refractivity contribution is 6.28. The largest absolute Gasteiger partial charge is 0.325 e. The van der Waals surface area contributed by atoms with Crippen LogP contribution in [0, 0.1) is 12.7 Å². The van der Waals surface area contributed by atoms with Crippen LogP contribution in [0.3, 0.4) is 0 Å². The maximum atomic E-state index is 12.7. The minimum atomic E-state index is -0.694. The van der Waals surface area contributed by atoms with Crippen LogP contribution in [0.15, 0.2) is 18.2 Å². The van der Waals surface area contributed by atoms with E-state index in [2.05, 4.69) is 5.32 Å². The first-order valence-corrected chi connectivity index (χ1v) is 4.99. The molecule has 0 fully saturated rings. The molecule has 0 radical (unpaired) electrons. The molecule has 0 bridgehead atoms. The van der Waals surface area contributed by atoms with E-state index in [4.69, 9.17) is 11.6 Å². The average molecular weight is 245 g/mol. The van der Waals surface area contributed by atoms with Gasteiger partial charge in [0, 0.05) is 5.69 Å². The summed E-state index contributed by atoms with van der Waals surface area (Å²) >= 11 is 5.21. The van der Waals surface area contributed by atoms with Gasteiger partial charge in [-0.05, 0) is 30.7 Å². The van der Waals surface area contributed by atoms with Crippen LogP contribution in [0.2, 0.25) is 0 Å². The molecule has 86 valence electrons. The highest BCUT2D eigenvalue weighted by atomic mass is 35.5. The second-order valence-corrected chi connectivity index (χ2v) is 3.36. The Morgan fingerprint density at radius 3 is 2.69 bits per heavy atom. The van der Waals surface area contributed by atoms with Crippen molar-refractivity contribution < 1.29 is 14.0 Å². The fraction of sp³-hybridized carbons (Fsp3) is 0.200. The summed E-state index contributed by atoms with van der Waals surface area (Å²) in [6.07, 6.45) is 0. The third-order valence-corrected chi connectivity index (χ3v) is 2.05. The first-order chi connectivity index (χ1) is 7.52. The van der Waals surface area contributed by atoms with E-state index in [1.807, 2.05) is 5.32 Å². The molecule has 16 heavy (non-hydrogen) atoms. The van der Waals surface area contributed by atoms with Crippen molar-refractivity contribution in [1.29, 1.82) is 0 Å². The topological polar surface area (TPSA) is 58.2 Å². The molecule has 4 nitrogen and oxygen atoms in total. The third kappa shape index (κ3) is 3.51. The lowest BCUT2D eigenvalue weighted by Gasteiger charge is -2.08. The molecule has 0 aliphatic carbocycles. The van der Waals surface area contributed by atoms with Crippen LogP contribution in [0.4, 0.5) is 14.9 Å². The first-order valence-electron chi connectivity index (χ1n) is 4.46. The van der Waals surface area contributed by atoms with E-state index in [1.165, 1.54) is 18.2 Å². The van der Waals surface area contributed by atoms with E-state index in [1.54, 1.807) is 6.92 Å². The molecule has 0 saturated carbocycles. The second-order valence-electron chi connectivity index (χ2n) is 3.10. The monoisotopic (exact) mass is 244 g/mol. The zero-order chi connectivity index (χ0) is 12.1. The first kappa shape index (κ1) is 12.4. The van der Waals surface area contributed by atoms with Crippen molar-refractivity contribution in [3.63, 3.8) is 0 Å². The Morgan fingerprint density at radius 1 is 1.44 bits per heavy atom. The molecule has 0 aliphatic heterocycles. The molecule has 0 spiro atoms. The van der Waals surface area contributed by atoms with Gasteiger partial charge in [0.15, 0.2) is 0 Å². The minimum absolute atomic E-state index is 0.296. The maximum absolute atomic E-state index is 12.7.